The lowest BCUT2D eigenvalue weighted by Crippen LogP contribution is -2.15. The molecule has 0 saturated heterocycles. The van der Waals surface area contributed by atoms with Gasteiger partial charge in [-0.3, -0.25) is 0 Å². The summed E-state index contributed by atoms with van der Waals surface area (Å²) in [6, 6.07) is 3.36. The van der Waals surface area contributed by atoms with E-state index in [1.54, 1.807) is 18.3 Å². The number of nitrogens with one attached hydrogen (secondary N) is 1. The van der Waals surface area contributed by atoms with Crippen molar-refractivity contribution >= 4 is 27.0 Å². The summed E-state index contributed by atoms with van der Waals surface area (Å²) in [6.07, 6.45) is 0.471. The zero-order chi connectivity index (χ0) is 11.7. The molecule has 2 aromatic heterocycles. The minimum Gasteiger partial charge on any atom is -0.384 e. The van der Waals surface area contributed by atoms with Crippen LogP contribution in [0.2, 0.25) is 0 Å². The van der Waals surface area contributed by atoms with Gasteiger partial charge in [0.2, 0.25) is 0 Å². The highest BCUT2D eigenvalue weighted by Gasteiger charge is 2.21. The number of hydrogen-bond acceptors (Lipinski definition) is 4. The number of fused-ring (bicyclic) bond motifs is 1. The lowest BCUT2D eigenvalue weighted by atomic mass is 10.1. The Labute approximate surface area is 99.5 Å². The van der Waals surface area contributed by atoms with E-state index in [0.717, 1.165) is 4.47 Å². The Hall–Kier alpha value is -1.42. The number of rotatable bonds is 2. The first-order valence-corrected chi connectivity index (χ1v) is 5.31. The Morgan fingerprint density at radius 1 is 1.50 bits per heavy atom. The van der Waals surface area contributed by atoms with E-state index in [9.17, 15) is 10.2 Å². The Balaban J connectivity index is 2.53. The fourth-order valence-corrected chi connectivity index (χ4v) is 1.81. The molecule has 82 valence electrons. The summed E-state index contributed by atoms with van der Waals surface area (Å²) < 4.78 is 0.763. The number of aliphatic hydroxyl groups is 2. The van der Waals surface area contributed by atoms with Gasteiger partial charge in [0.15, 0.2) is 6.10 Å². The van der Waals surface area contributed by atoms with Crippen molar-refractivity contribution in [3.05, 3.63) is 28.5 Å². The van der Waals surface area contributed by atoms with Crippen molar-refractivity contribution in [3.63, 3.8) is 0 Å². The topological polar surface area (TPSA) is 92.9 Å². The van der Waals surface area contributed by atoms with Crippen LogP contribution >= 0.6 is 15.9 Å². The average Bonchev–Trinajstić information content (AvgIpc) is 2.69. The van der Waals surface area contributed by atoms with E-state index in [-0.39, 0.29) is 0 Å². The van der Waals surface area contributed by atoms with Crippen LogP contribution in [0.5, 0.6) is 0 Å². The zero-order valence-electron chi connectivity index (χ0n) is 8.05. The highest BCUT2D eigenvalue weighted by molar-refractivity contribution is 9.10. The van der Waals surface area contributed by atoms with Crippen molar-refractivity contribution in [3.8, 4) is 6.07 Å². The fourth-order valence-electron chi connectivity index (χ4n) is 1.48. The largest absolute Gasteiger partial charge is 0.384 e. The molecule has 2 rings (SSSR count). The molecule has 2 unspecified atom stereocenters. The second-order valence-corrected chi connectivity index (χ2v) is 4.23. The minimum absolute atomic E-state index is 0.456. The van der Waals surface area contributed by atoms with Gasteiger partial charge in [0, 0.05) is 27.8 Å². The van der Waals surface area contributed by atoms with Crippen LogP contribution in [-0.2, 0) is 0 Å². The average molecular weight is 282 g/mol. The van der Waals surface area contributed by atoms with Gasteiger partial charge in [-0.15, -0.1) is 0 Å². The quantitative estimate of drug-likeness (QED) is 0.722. The van der Waals surface area contributed by atoms with Gasteiger partial charge in [-0.25, -0.2) is 4.98 Å². The number of halogens is 1. The third-order valence-electron chi connectivity index (χ3n) is 2.28. The molecule has 0 amide bonds. The molecule has 0 radical (unpaired) electrons. The number of nitriles is 1. The highest BCUT2D eigenvalue weighted by Crippen LogP contribution is 2.27. The van der Waals surface area contributed by atoms with E-state index in [2.05, 4.69) is 25.9 Å². The molecule has 16 heavy (non-hydrogen) atoms. The minimum atomic E-state index is -1.45. The number of aromatic amines is 1. The second-order valence-electron chi connectivity index (χ2n) is 3.31. The molecule has 2 aromatic rings. The summed E-state index contributed by atoms with van der Waals surface area (Å²) in [5.41, 5.74) is 1.06. The molecule has 2 atom stereocenters. The number of nitrogens with zero attached hydrogens (tertiary/aromatic N) is 2. The van der Waals surface area contributed by atoms with Crippen LogP contribution < -0.4 is 0 Å². The fraction of sp³-hybridized carbons (Fsp3) is 0.200. The molecule has 5 nitrogen and oxygen atoms in total. The van der Waals surface area contributed by atoms with E-state index in [4.69, 9.17) is 5.26 Å². The van der Waals surface area contributed by atoms with E-state index >= 15 is 0 Å². The highest BCUT2D eigenvalue weighted by atomic mass is 79.9. The second kappa shape index (κ2) is 4.22. The van der Waals surface area contributed by atoms with Crippen LogP contribution in [0.4, 0.5) is 0 Å². The number of aliphatic hydroxyl groups excluding tert-OH is 2. The molecular weight excluding hydrogens is 274 g/mol. The van der Waals surface area contributed by atoms with Crippen LogP contribution in [0.25, 0.3) is 11.0 Å². The van der Waals surface area contributed by atoms with Crippen molar-refractivity contribution < 1.29 is 10.2 Å². The van der Waals surface area contributed by atoms with E-state index in [0.29, 0.717) is 16.6 Å². The molecular formula is C10H8BrN3O2. The third-order valence-corrected chi connectivity index (χ3v) is 2.71. The Morgan fingerprint density at radius 3 is 2.94 bits per heavy atom. The molecule has 3 N–H and O–H groups in total. The van der Waals surface area contributed by atoms with Gasteiger partial charge >= 0.3 is 0 Å². The Morgan fingerprint density at radius 2 is 2.25 bits per heavy atom. The molecule has 0 fully saturated rings. The number of aromatic nitrogens is 2. The molecule has 2 heterocycles. The standard InChI is InChI=1S/C10H8BrN3O2/c11-5-1-6-7(9(16)8(15)2-12)4-14-10(6)13-3-5/h1,3-4,8-9,15-16H,(H,13,14). The summed E-state index contributed by atoms with van der Waals surface area (Å²) >= 11 is 3.27. The van der Waals surface area contributed by atoms with E-state index in [1.165, 1.54) is 6.20 Å². The summed E-state index contributed by atoms with van der Waals surface area (Å²) in [7, 11) is 0. The van der Waals surface area contributed by atoms with Crippen molar-refractivity contribution in [2.24, 2.45) is 0 Å². The van der Waals surface area contributed by atoms with Crippen molar-refractivity contribution in [1.82, 2.24) is 9.97 Å². The third kappa shape index (κ3) is 1.80. The first kappa shape index (κ1) is 11.1. The predicted octanol–water partition coefficient (Wildman–Crippen LogP) is 1.24. The van der Waals surface area contributed by atoms with Gasteiger partial charge in [0.25, 0.3) is 0 Å². The van der Waals surface area contributed by atoms with Crippen molar-refractivity contribution in [2.75, 3.05) is 0 Å². The maximum atomic E-state index is 9.73. The van der Waals surface area contributed by atoms with Gasteiger partial charge in [-0.1, -0.05) is 0 Å². The molecule has 6 heteroatoms. The zero-order valence-corrected chi connectivity index (χ0v) is 9.64. The normalized spacial score (nSPS) is 14.6. The van der Waals surface area contributed by atoms with Crippen LogP contribution in [-0.4, -0.2) is 26.3 Å². The van der Waals surface area contributed by atoms with Crippen molar-refractivity contribution in [2.45, 2.75) is 12.2 Å². The Kier molecular flexibility index (Phi) is 2.92. The molecule has 0 aliphatic heterocycles. The van der Waals surface area contributed by atoms with Crippen LogP contribution in [0.15, 0.2) is 22.9 Å². The molecule has 0 aromatic carbocycles. The van der Waals surface area contributed by atoms with Crippen LogP contribution in [0, 0.1) is 11.3 Å². The van der Waals surface area contributed by atoms with Gasteiger partial charge in [-0.05, 0) is 22.0 Å². The number of pyridine rings is 1. The summed E-state index contributed by atoms with van der Waals surface area (Å²) in [5.74, 6) is 0. The maximum absolute atomic E-state index is 9.73. The van der Waals surface area contributed by atoms with Gasteiger partial charge in [-0.2, -0.15) is 5.26 Å². The van der Waals surface area contributed by atoms with Gasteiger partial charge in [0.1, 0.15) is 11.8 Å². The number of H-pyrrole nitrogens is 1. The molecule has 0 bridgehead atoms. The van der Waals surface area contributed by atoms with Crippen LogP contribution in [0.1, 0.15) is 11.7 Å². The summed E-state index contributed by atoms with van der Waals surface area (Å²) in [4.78, 5) is 6.95. The molecule has 0 aliphatic rings. The smallest absolute Gasteiger partial charge is 0.170 e. The van der Waals surface area contributed by atoms with Crippen LogP contribution in [0.3, 0.4) is 0 Å². The van der Waals surface area contributed by atoms with Gasteiger partial charge < -0.3 is 15.2 Å². The van der Waals surface area contributed by atoms with Gasteiger partial charge in [0.05, 0.1) is 6.07 Å². The summed E-state index contributed by atoms with van der Waals surface area (Å²) in [6.45, 7) is 0. The Bertz CT molecular complexity index is 561. The predicted molar refractivity (Wildman–Crippen MR) is 60.4 cm³/mol. The SMILES string of the molecule is N#CC(O)C(O)c1c[nH]c2ncc(Br)cc12. The lowest BCUT2D eigenvalue weighted by molar-refractivity contribution is 0.0538. The first-order valence-electron chi connectivity index (χ1n) is 4.51. The summed E-state index contributed by atoms with van der Waals surface area (Å²) in [5, 5.41) is 28.2. The lowest BCUT2D eigenvalue weighted by Gasteiger charge is -2.10. The van der Waals surface area contributed by atoms with E-state index in [1.807, 2.05) is 0 Å². The molecule has 0 saturated carbocycles. The molecule has 0 spiro atoms. The number of hydrogen-bond donors (Lipinski definition) is 3. The monoisotopic (exact) mass is 281 g/mol. The van der Waals surface area contributed by atoms with E-state index < -0.39 is 12.2 Å². The maximum Gasteiger partial charge on any atom is 0.170 e. The van der Waals surface area contributed by atoms with Crippen molar-refractivity contribution in [1.29, 1.82) is 5.26 Å². The molecule has 0 aliphatic carbocycles. The first-order chi connectivity index (χ1) is 7.63.